The van der Waals surface area contributed by atoms with Crippen LogP contribution in [-0.4, -0.2) is 44.7 Å². The van der Waals surface area contributed by atoms with Crippen molar-refractivity contribution >= 4 is 28.5 Å². The Balaban J connectivity index is 1.56. The van der Waals surface area contributed by atoms with E-state index < -0.39 is 17.7 Å². The van der Waals surface area contributed by atoms with Crippen molar-refractivity contribution < 1.29 is 18.0 Å². The number of aromatic nitrogens is 4. The molecular formula is C19H19F3N6O. The normalized spacial score (nSPS) is 16.7. The number of nitrogens with zero attached hydrogens (tertiary/aromatic N) is 3. The molecule has 0 saturated heterocycles. The topological polar surface area (TPSA) is 95.6 Å². The standard InChI is InChI=1S/C19H19F3N6O/c1-23-17-14-12(8-24-18(14)26-9-25-17)15(29)11-2-3-13(28-16(11)20)27-10-4-6-19(21,22)7-5-10/h2-3,8-10H,4-7H2,1H3,(H,27,28)(H2,23,24,25,26). The quantitative estimate of drug-likeness (QED) is 0.443. The first-order valence-corrected chi connectivity index (χ1v) is 9.23. The van der Waals surface area contributed by atoms with Crippen LogP contribution < -0.4 is 10.6 Å². The Morgan fingerprint density at radius 1 is 1.21 bits per heavy atom. The molecule has 3 aromatic rings. The maximum atomic E-state index is 14.6. The highest BCUT2D eigenvalue weighted by molar-refractivity contribution is 6.18. The summed E-state index contributed by atoms with van der Waals surface area (Å²) in [6.07, 6.45) is 2.94. The van der Waals surface area contributed by atoms with E-state index in [-0.39, 0.29) is 48.7 Å². The molecule has 1 aliphatic rings. The van der Waals surface area contributed by atoms with Gasteiger partial charge in [-0.15, -0.1) is 0 Å². The van der Waals surface area contributed by atoms with E-state index in [1.54, 1.807) is 7.05 Å². The summed E-state index contributed by atoms with van der Waals surface area (Å²) in [6.45, 7) is 0. The van der Waals surface area contributed by atoms with Crippen LogP contribution in [0.4, 0.5) is 24.8 Å². The summed E-state index contributed by atoms with van der Waals surface area (Å²) < 4.78 is 41.1. The van der Waals surface area contributed by atoms with Gasteiger partial charge in [0, 0.05) is 32.1 Å². The van der Waals surface area contributed by atoms with Gasteiger partial charge in [-0.2, -0.15) is 4.39 Å². The van der Waals surface area contributed by atoms with E-state index in [2.05, 4.69) is 30.6 Å². The van der Waals surface area contributed by atoms with Crippen molar-refractivity contribution in [2.75, 3.05) is 17.7 Å². The van der Waals surface area contributed by atoms with Crippen molar-refractivity contribution in [2.45, 2.75) is 37.6 Å². The van der Waals surface area contributed by atoms with E-state index in [4.69, 9.17) is 0 Å². The van der Waals surface area contributed by atoms with Gasteiger partial charge in [-0.1, -0.05) is 0 Å². The van der Waals surface area contributed by atoms with Crippen molar-refractivity contribution in [3.63, 3.8) is 0 Å². The van der Waals surface area contributed by atoms with Crippen LogP contribution in [0.3, 0.4) is 0 Å². The van der Waals surface area contributed by atoms with Crippen LogP contribution in [0.25, 0.3) is 11.0 Å². The molecular weight excluding hydrogens is 385 g/mol. The lowest BCUT2D eigenvalue weighted by atomic mass is 9.92. The van der Waals surface area contributed by atoms with Crippen molar-refractivity contribution in [2.24, 2.45) is 0 Å². The number of H-pyrrole nitrogens is 1. The number of pyridine rings is 1. The third-order valence-electron chi connectivity index (χ3n) is 5.11. The summed E-state index contributed by atoms with van der Waals surface area (Å²) >= 11 is 0. The highest BCUT2D eigenvalue weighted by atomic mass is 19.3. The van der Waals surface area contributed by atoms with Crippen LogP contribution in [0.2, 0.25) is 0 Å². The smallest absolute Gasteiger partial charge is 0.248 e. The zero-order valence-electron chi connectivity index (χ0n) is 15.6. The Morgan fingerprint density at radius 3 is 2.66 bits per heavy atom. The van der Waals surface area contributed by atoms with Crippen molar-refractivity contribution in [3.8, 4) is 0 Å². The van der Waals surface area contributed by atoms with E-state index >= 15 is 0 Å². The number of fused-ring (bicyclic) bond motifs is 1. The third-order valence-corrected chi connectivity index (χ3v) is 5.11. The SMILES string of the molecule is CNc1ncnc2[nH]cc(C(=O)c3ccc(NC4CCC(F)(F)CC4)nc3F)c12. The molecule has 1 fully saturated rings. The van der Waals surface area contributed by atoms with E-state index in [1.165, 1.54) is 24.7 Å². The van der Waals surface area contributed by atoms with Gasteiger partial charge in [-0.05, 0) is 25.0 Å². The Labute approximate surface area is 164 Å². The molecule has 0 bridgehead atoms. The van der Waals surface area contributed by atoms with Crippen LogP contribution in [0, 0.1) is 5.95 Å². The number of hydrogen-bond acceptors (Lipinski definition) is 6. The average Bonchev–Trinajstić information content (AvgIpc) is 3.13. The van der Waals surface area contributed by atoms with Crippen LogP contribution in [0.5, 0.6) is 0 Å². The summed E-state index contributed by atoms with van der Waals surface area (Å²) in [4.78, 5) is 27.7. The molecule has 10 heteroatoms. The minimum atomic E-state index is -2.64. The number of nitrogens with one attached hydrogen (secondary N) is 3. The second-order valence-electron chi connectivity index (χ2n) is 7.04. The van der Waals surface area contributed by atoms with E-state index in [0.717, 1.165) is 0 Å². The first kappa shape index (κ1) is 19.2. The number of ketones is 1. The maximum absolute atomic E-state index is 14.6. The van der Waals surface area contributed by atoms with Gasteiger partial charge in [-0.3, -0.25) is 4.79 Å². The summed E-state index contributed by atoms with van der Waals surface area (Å²) in [7, 11) is 1.66. The van der Waals surface area contributed by atoms with Gasteiger partial charge >= 0.3 is 0 Å². The van der Waals surface area contributed by atoms with Crippen molar-refractivity contribution in [1.82, 2.24) is 19.9 Å². The zero-order chi connectivity index (χ0) is 20.6. The molecule has 29 heavy (non-hydrogen) atoms. The molecule has 0 aromatic carbocycles. The van der Waals surface area contributed by atoms with Crippen LogP contribution in [0.15, 0.2) is 24.7 Å². The summed E-state index contributed by atoms with van der Waals surface area (Å²) in [5, 5.41) is 6.32. The second kappa shape index (κ2) is 7.34. The molecule has 0 atom stereocenters. The van der Waals surface area contributed by atoms with E-state index in [1.807, 2.05) is 0 Å². The number of halogens is 3. The third kappa shape index (κ3) is 3.74. The highest BCUT2D eigenvalue weighted by Gasteiger charge is 2.35. The predicted molar refractivity (Wildman–Crippen MR) is 102 cm³/mol. The number of rotatable bonds is 5. The minimum Gasteiger partial charge on any atom is -0.372 e. The second-order valence-corrected chi connectivity index (χ2v) is 7.04. The minimum absolute atomic E-state index is 0.197. The monoisotopic (exact) mass is 404 g/mol. The Kier molecular flexibility index (Phi) is 4.85. The number of hydrogen-bond donors (Lipinski definition) is 3. The molecule has 1 saturated carbocycles. The van der Waals surface area contributed by atoms with Gasteiger partial charge in [-0.25, -0.2) is 23.7 Å². The molecule has 1 aliphatic carbocycles. The maximum Gasteiger partial charge on any atom is 0.248 e. The van der Waals surface area contributed by atoms with Gasteiger partial charge in [0.25, 0.3) is 0 Å². The molecule has 152 valence electrons. The van der Waals surface area contributed by atoms with Crippen LogP contribution in [0.1, 0.15) is 41.6 Å². The van der Waals surface area contributed by atoms with Gasteiger partial charge in [0.05, 0.1) is 16.5 Å². The highest BCUT2D eigenvalue weighted by Crippen LogP contribution is 2.34. The van der Waals surface area contributed by atoms with Crippen LogP contribution >= 0.6 is 0 Å². The first-order chi connectivity index (χ1) is 13.9. The van der Waals surface area contributed by atoms with Gasteiger partial charge in [0.1, 0.15) is 23.6 Å². The number of aromatic amines is 1. The molecule has 0 radical (unpaired) electrons. The van der Waals surface area contributed by atoms with Crippen molar-refractivity contribution in [3.05, 3.63) is 41.7 Å². The molecule has 0 spiro atoms. The summed E-state index contributed by atoms with van der Waals surface area (Å²) in [6, 6.07) is 2.62. The van der Waals surface area contributed by atoms with Gasteiger partial charge in [0.15, 0.2) is 5.78 Å². The predicted octanol–water partition coefficient (Wildman–Crippen LogP) is 3.75. The van der Waals surface area contributed by atoms with E-state index in [9.17, 15) is 18.0 Å². The molecule has 0 amide bonds. The summed E-state index contributed by atoms with van der Waals surface area (Å²) in [5.41, 5.74) is 0.479. The van der Waals surface area contributed by atoms with E-state index in [0.29, 0.717) is 16.9 Å². The number of alkyl halides is 2. The lowest BCUT2D eigenvalue weighted by Gasteiger charge is -2.29. The van der Waals surface area contributed by atoms with Crippen LogP contribution in [-0.2, 0) is 0 Å². The number of carbonyl (C=O) groups is 1. The molecule has 3 N–H and O–H groups in total. The fraction of sp³-hybridized carbons (Fsp3) is 0.368. The molecule has 0 unspecified atom stereocenters. The van der Waals surface area contributed by atoms with Gasteiger partial charge in [0.2, 0.25) is 11.9 Å². The Morgan fingerprint density at radius 2 is 1.97 bits per heavy atom. The number of anilines is 2. The molecule has 7 nitrogen and oxygen atoms in total. The lowest BCUT2D eigenvalue weighted by molar-refractivity contribution is -0.0361. The fourth-order valence-electron chi connectivity index (χ4n) is 3.55. The molecule has 4 rings (SSSR count). The van der Waals surface area contributed by atoms with Gasteiger partial charge < -0.3 is 15.6 Å². The first-order valence-electron chi connectivity index (χ1n) is 9.23. The molecule has 3 heterocycles. The Bertz CT molecular complexity index is 1060. The van der Waals surface area contributed by atoms with Crippen molar-refractivity contribution in [1.29, 1.82) is 0 Å². The lowest BCUT2D eigenvalue weighted by Crippen LogP contribution is -2.32. The zero-order valence-corrected chi connectivity index (χ0v) is 15.6. The summed E-state index contributed by atoms with van der Waals surface area (Å²) in [5.74, 6) is -3.47. The molecule has 0 aliphatic heterocycles. The largest absolute Gasteiger partial charge is 0.372 e. The fourth-order valence-corrected chi connectivity index (χ4v) is 3.55. The molecule has 3 aromatic heterocycles. The number of carbonyl (C=O) groups excluding carboxylic acids is 1. The Hall–Kier alpha value is -3.17. The average molecular weight is 404 g/mol.